The van der Waals surface area contributed by atoms with Gasteiger partial charge in [-0.15, -0.1) is 0 Å². The van der Waals surface area contributed by atoms with Crippen LogP contribution in [0.5, 0.6) is 11.5 Å². The minimum absolute atomic E-state index is 0.0218. The summed E-state index contributed by atoms with van der Waals surface area (Å²) < 4.78 is 56.7. The summed E-state index contributed by atoms with van der Waals surface area (Å²) in [6, 6.07) is 17.8. The number of fused-ring (bicyclic) bond motifs is 6. The van der Waals surface area contributed by atoms with Crippen LogP contribution in [0.15, 0.2) is 91.2 Å². The summed E-state index contributed by atoms with van der Waals surface area (Å²) in [5.41, 5.74) is -1.44. The van der Waals surface area contributed by atoms with Gasteiger partial charge in [0.25, 0.3) is 0 Å². The van der Waals surface area contributed by atoms with Crippen LogP contribution in [0.3, 0.4) is 0 Å². The van der Waals surface area contributed by atoms with Crippen molar-refractivity contribution in [3.8, 4) is 11.5 Å². The molecule has 0 aliphatic carbocycles. The zero-order valence-corrected chi connectivity index (χ0v) is 17.2. The third-order valence-corrected chi connectivity index (χ3v) is 5.95. The van der Waals surface area contributed by atoms with Gasteiger partial charge in [-0.05, 0) is 42.0 Å². The molecule has 8 heteroatoms. The van der Waals surface area contributed by atoms with Crippen LogP contribution in [0.1, 0.15) is 28.2 Å². The minimum atomic E-state index is -4.53. The van der Waals surface area contributed by atoms with Crippen LogP contribution in [0, 0.1) is 0 Å². The lowest BCUT2D eigenvalue weighted by Crippen LogP contribution is -2.26. The van der Waals surface area contributed by atoms with Gasteiger partial charge < -0.3 is 13.6 Å². The maximum atomic E-state index is 13.2. The number of rotatable bonds is 1. The van der Waals surface area contributed by atoms with E-state index in [1.807, 2.05) is 0 Å². The third-order valence-electron chi connectivity index (χ3n) is 5.95. The molecule has 0 radical (unpaired) electrons. The van der Waals surface area contributed by atoms with Gasteiger partial charge in [0.05, 0.1) is 33.4 Å². The first kappa shape index (κ1) is 20.3. The molecule has 0 N–H and O–H groups in total. The first-order valence-electron chi connectivity index (χ1n) is 10.3. The standard InChI is InChI=1S/C26H13F3O5/c27-26(28,29)14-11-9-13(10-12-14)19-20-22(15-5-1-3-7-17(15)32-24(20)30)34-23-16-6-2-4-8-18(16)33-25(31)21(19)23/h1-12,19H. The quantitative estimate of drug-likeness (QED) is 0.272. The molecule has 0 atom stereocenters. The molecule has 3 aromatic carbocycles. The van der Waals surface area contributed by atoms with Crippen molar-refractivity contribution in [1.82, 2.24) is 0 Å². The van der Waals surface area contributed by atoms with Crippen molar-refractivity contribution in [3.63, 3.8) is 0 Å². The summed E-state index contributed by atoms with van der Waals surface area (Å²) >= 11 is 0. The molecule has 1 aliphatic heterocycles. The monoisotopic (exact) mass is 462 g/mol. The zero-order chi connectivity index (χ0) is 23.6. The molecule has 0 spiro atoms. The van der Waals surface area contributed by atoms with Crippen molar-refractivity contribution in [2.75, 3.05) is 0 Å². The molecule has 5 nitrogen and oxygen atoms in total. The van der Waals surface area contributed by atoms with Gasteiger partial charge in [-0.25, -0.2) is 9.59 Å². The summed E-state index contributed by atoms with van der Waals surface area (Å²) in [5, 5.41) is 0.994. The van der Waals surface area contributed by atoms with Crippen LogP contribution in [0.25, 0.3) is 21.9 Å². The van der Waals surface area contributed by atoms with Gasteiger partial charge in [0.2, 0.25) is 0 Å². The molecule has 3 heterocycles. The Morgan fingerprint density at radius 3 is 1.59 bits per heavy atom. The largest absolute Gasteiger partial charge is 0.455 e. The molecule has 2 aromatic heterocycles. The summed E-state index contributed by atoms with van der Waals surface area (Å²) in [6.07, 6.45) is -4.53. The van der Waals surface area contributed by atoms with E-state index < -0.39 is 28.9 Å². The predicted octanol–water partition coefficient (Wildman–Crippen LogP) is 6.20. The highest BCUT2D eigenvalue weighted by molar-refractivity contribution is 5.90. The normalized spacial score (nSPS) is 13.5. The summed E-state index contributed by atoms with van der Waals surface area (Å²) in [4.78, 5) is 26.2. The Hall–Kier alpha value is -4.33. The molecule has 168 valence electrons. The van der Waals surface area contributed by atoms with E-state index in [-0.39, 0.29) is 33.8 Å². The minimum Gasteiger partial charge on any atom is -0.455 e. The topological polar surface area (TPSA) is 69.7 Å². The Morgan fingerprint density at radius 2 is 1.12 bits per heavy atom. The molecule has 0 unspecified atom stereocenters. The predicted molar refractivity (Wildman–Crippen MR) is 117 cm³/mol. The number of halogens is 3. The van der Waals surface area contributed by atoms with E-state index in [9.17, 15) is 22.8 Å². The van der Waals surface area contributed by atoms with E-state index in [4.69, 9.17) is 13.6 Å². The highest BCUT2D eigenvalue weighted by Gasteiger charge is 2.38. The highest BCUT2D eigenvalue weighted by Crippen LogP contribution is 2.49. The van der Waals surface area contributed by atoms with Crippen LogP contribution in [-0.2, 0) is 6.18 Å². The van der Waals surface area contributed by atoms with Gasteiger partial charge in [0, 0.05) is 0 Å². The van der Waals surface area contributed by atoms with Gasteiger partial charge >= 0.3 is 17.4 Å². The molecule has 0 fully saturated rings. The van der Waals surface area contributed by atoms with Gasteiger partial charge in [-0.1, -0.05) is 36.4 Å². The van der Waals surface area contributed by atoms with Crippen molar-refractivity contribution in [2.24, 2.45) is 0 Å². The second kappa shape index (κ2) is 7.08. The van der Waals surface area contributed by atoms with Crippen LogP contribution in [0.2, 0.25) is 0 Å². The van der Waals surface area contributed by atoms with Gasteiger partial charge in [-0.2, -0.15) is 13.2 Å². The Bertz CT molecular complexity index is 1610. The van der Waals surface area contributed by atoms with E-state index in [1.165, 1.54) is 12.1 Å². The molecule has 5 aromatic rings. The lowest BCUT2D eigenvalue weighted by Gasteiger charge is -2.28. The molecular formula is C26H13F3O5. The summed E-state index contributed by atoms with van der Waals surface area (Å²) in [5.74, 6) is -0.664. The van der Waals surface area contributed by atoms with Crippen molar-refractivity contribution >= 4 is 21.9 Å². The first-order valence-corrected chi connectivity index (χ1v) is 10.3. The average Bonchev–Trinajstić information content (AvgIpc) is 2.82. The Labute approximate surface area is 188 Å². The number of hydrogen-bond acceptors (Lipinski definition) is 5. The van der Waals surface area contributed by atoms with E-state index in [0.717, 1.165) is 12.1 Å². The number of benzene rings is 3. The number of hydrogen-bond donors (Lipinski definition) is 0. The van der Waals surface area contributed by atoms with Crippen molar-refractivity contribution < 1.29 is 26.7 Å². The molecular weight excluding hydrogens is 449 g/mol. The van der Waals surface area contributed by atoms with Crippen LogP contribution < -0.4 is 16.0 Å². The fourth-order valence-electron chi connectivity index (χ4n) is 4.43. The van der Waals surface area contributed by atoms with Gasteiger partial charge in [0.1, 0.15) is 22.7 Å². The lowest BCUT2D eigenvalue weighted by molar-refractivity contribution is -0.137. The second-order valence-corrected chi connectivity index (χ2v) is 7.91. The molecule has 0 amide bonds. The maximum Gasteiger partial charge on any atom is 0.416 e. The third kappa shape index (κ3) is 2.95. The fourth-order valence-corrected chi connectivity index (χ4v) is 4.43. The van der Waals surface area contributed by atoms with Gasteiger partial charge in [-0.3, -0.25) is 0 Å². The van der Waals surface area contributed by atoms with E-state index in [2.05, 4.69) is 0 Å². The van der Waals surface area contributed by atoms with Gasteiger partial charge in [0.15, 0.2) is 0 Å². The average molecular weight is 462 g/mol. The smallest absolute Gasteiger partial charge is 0.416 e. The van der Waals surface area contributed by atoms with Crippen LogP contribution >= 0.6 is 0 Å². The Balaban J connectivity index is 1.72. The SMILES string of the molecule is O=c1oc2ccccc2c2c1C(c1ccc(C(F)(F)F)cc1)c1c(c3ccccc3oc1=O)O2. The molecule has 0 saturated carbocycles. The number of para-hydroxylation sites is 2. The molecule has 34 heavy (non-hydrogen) atoms. The second-order valence-electron chi connectivity index (χ2n) is 7.91. The molecule has 0 saturated heterocycles. The van der Waals surface area contributed by atoms with E-state index in [1.54, 1.807) is 48.5 Å². The van der Waals surface area contributed by atoms with Crippen LogP contribution in [-0.4, -0.2) is 0 Å². The number of alkyl halides is 3. The lowest BCUT2D eigenvalue weighted by atomic mass is 9.83. The first-order chi connectivity index (χ1) is 16.3. The van der Waals surface area contributed by atoms with Crippen LogP contribution in [0.4, 0.5) is 13.2 Å². The van der Waals surface area contributed by atoms with Crippen molar-refractivity contribution in [3.05, 3.63) is 116 Å². The molecule has 0 bridgehead atoms. The zero-order valence-electron chi connectivity index (χ0n) is 17.2. The fraction of sp³-hybridized carbons (Fsp3) is 0.0769. The number of ether oxygens (including phenoxy) is 1. The Morgan fingerprint density at radius 1 is 0.647 bits per heavy atom. The van der Waals surface area contributed by atoms with Crippen molar-refractivity contribution in [2.45, 2.75) is 12.1 Å². The molecule has 6 rings (SSSR count). The summed E-state index contributed by atoms with van der Waals surface area (Å²) in [6.45, 7) is 0. The Kier molecular flexibility index (Phi) is 4.23. The highest BCUT2D eigenvalue weighted by atomic mass is 19.4. The van der Waals surface area contributed by atoms with E-state index in [0.29, 0.717) is 16.3 Å². The maximum absolute atomic E-state index is 13.2. The molecule has 1 aliphatic rings. The van der Waals surface area contributed by atoms with Crippen molar-refractivity contribution in [1.29, 1.82) is 0 Å². The van der Waals surface area contributed by atoms with E-state index >= 15 is 0 Å². The summed E-state index contributed by atoms with van der Waals surface area (Å²) in [7, 11) is 0.